The van der Waals surface area contributed by atoms with Crippen molar-refractivity contribution in [1.82, 2.24) is 20.4 Å². The molecule has 0 spiro atoms. The normalized spacial score (nSPS) is 31.1. The zero-order valence-corrected chi connectivity index (χ0v) is 23.2. The van der Waals surface area contributed by atoms with Gasteiger partial charge in [0.1, 0.15) is 17.1 Å². The number of para-hydroxylation sites is 1. The highest BCUT2D eigenvalue weighted by molar-refractivity contribution is 5.87. The van der Waals surface area contributed by atoms with Crippen molar-refractivity contribution in [2.24, 2.45) is 11.7 Å². The van der Waals surface area contributed by atoms with Crippen molar-refractivity contribution in [3.63, 3.8) is 0 Å². The Labute approximate surface area is 241 Å². The van der Waals surface area contributed by atoms with Crippen molar-refractivity contribution in [3.05, 3.63) is 72.8 Å². The van der Waals surface area contributed by atoms with E-state index in [9.17, 15) is 9.90 Å². The third-order valence-electron chi connectivity index (χ3n) is 8.93. The topological polar surface area (TPSA) is 112 Å². The van der Waals surface area contributed by atoms with Crippen LogP contribution < -0.4 is 21.1 Å². The minimum absolute atomic E-state index is 0.0137. The van der Waals surface area contributed by atoms with E-state index < -0.39 is 5.60 Å². The second-order valence-electron chi connectivity index (χ2n) is 11.4. The Balaban J connectivity index is 1.32. The molecule has 4 aliphatic heterocycles. The van der Waals surface area contributed by atoms with E-state index in [4.69, 9.17) is 15.2 Å². The van der Waals surface area contributed by atoms with Gasteiger partial charge in [0, 0.05) is 57.1 Å². The first-order valence-corrected chi connectivity index (χ1v) is 14.5. The number of amides is 1. The first-order valence-electron chi connectivity index (χ1n) is 14.5. The molecule has 6 unspecified atom stereocenters. The number of ether oxygens (including phenoxy) is 2. The lowest BCUT2D eigenvalue weighted by Gasteiger charge is -2.40. The number of likely N-dealkylation sites (tertiary alicyclic amines) is 2. The Morgan fingerprint density at radius 2 is 1.85 bits per heavy atom. The average molecular weight is 558 g/mol. The van der Waals surface area contributed by atoms with Gasteiger partial charge in [-0.3, -0.25) is 20.3 Å². The molecule has 0 saturated carbocycles. The SMILES string of the molecule is C=CC(=O)N1CCC(O)(C#CC2C(c3ccc(Oc4ccccc4)cc3)C3C(N)NCNC3N2C2CCOC2)CC1. The van der Waals surface area contributed by atoms with Crippen molar-refractivity contribution in [3.8, 4) is 23.3 Å². The van der Waals surface area contributed by atoms with Crippen LogP contribution in [0.2, 0.25) is 0 Å². The molecule has 41 heavy (non-hydrogen) atoms. The second kappa shape index (κ2) is 11.9. The Hall–Kier alpha value is -3.23. The molecule has 216 valence electrons. The van der Waals surface area contributed by atoms with E-state index >= 15 is 0 Å². The number of fused-ring (bicyclic) bond motifs is 1. The summed E-state index contributed by atoms with van der Waals surface area (Å²) in [7, 11) is 0. The van der Waals surface area contributed by atoms with Gasteiger partial charge < -0.3 is 25.2 Å². The zero-order valence-electron chi connectivity index (χ0n) is 23.2. The Bertz CT molecular complexity index is 1280. The molecule has 0 radical (unpaired) electrons. The van der Waals surface area contributed by atoms with Gasteiger partial charge in [-0.25, -0.2) is 0 Å². The van der Waals surface area contributed by atoms with Crippen LogP contribution in [0.1, 0.15) is 30.7 Å². The van der Waals surface area contributed by atoms with Crippen molar-refractivity contribution < 1.29 is 19.4 Å². The third-order valence-corrected chi connectivity index (χ3v) is 8.93. The number of carbonyl (C=O) groups excluding carboxylic acids is 1. The number of benzene rings is 2. The van der Waals surface area contributed by atoms with E-state index in [1.54, 1.807) is 4.90 Å². The minimum Gasteiger partial charge on any atom is -0.457 e. The molecular formula is C32H39N5O4. The van der Waals surface area contributed by atoms with Crippen molar-refractivity contribution in [1.29, 1.82) is 0 Å². The van der Waals surface area contributed by atoms with E-state index in [2.05, 4.69) is 46.1 Å². The standard InChI is InChI=1S/C32H39N5O4/c1-2-27(38)36-17-15-32(39,16-18-36)14-12-26-28(22-8-10-25(11-9-22)41-24-6-4-3-5-7-24)29-30(33)34-21-35-31(29)37(26)23-13-19-40-20-23/h2-11,23,26,28-31,34-35,39H,1,13,15-21,33H2. The third kappa shape index (κ3) is 5.77. The van der Waals surface area contributed by atoms with Crippen LogP contribution in [0.15, 0.2) is 67.3 Å². The molecule has 2 aromatic carbocycles. The molecule has 0 bridgehead atoms. The van der Waals surface area contributed by atoms with E-state index in [1.807, 2.05) is 42.5 Å². The quantitative estimate of drug-likeness (QED) is 0.326. The molecule has 5 N–H and O–H groups in total. The van der Waals surface area contributed by atoms with Gasteiger partial charge in [-0.05, 0) is 42.3 Å². The number of hydrogen-bond acceptors (Lipinski definition) is 8. The number of aliphatic hydroxyl groups is 1. The van der Waals surface area contributed by atoms with Crippen molar-refractivity contribution in [2.75, 3.05) is 33.0 Å². The summed E-state index contributed by atoms with van der Waals surface area (Å²) in [4.78, 5) is 16.2. The Morgan fingerprint density at radius 3 is 2.54 bits per heavy atom. The number of piperidine rings is 1. The zero-order chi connectivity index (χ0) is 28.4. The number of hydrogen-bond donors (Lipinski definition) is 4. The fourth-order valence-corrected chi connectivity index (χ4v) is 6.77. The van der Waals surface area contributed by atoms with Crippen LogP contribution >= 0.6 is 0 Å². The lowest BCUT2D eigenvalue weighted by atomic mass is 9.80. The van der Waals surface area contributed by atoms with Gasteiger partial charge in [0.2, 0.25) is 5.91 Å². The maximum atomic E-state index is 12.1. The highest BCUT2D eigenvalue weighted by Gasteiger charge is 2.55. The van der Waals surface area contributed by atoms with Gasteiger partial charge >= 0.3 is 0 Å². The van der Waals surface area contributed by atoms with E-state index in [1.165, 1.54) is 6.08 Å². The molecule has 4 aliphatic rings. The Kier molecular flexibility index (Phi) is 8.13. The fraction of sp³-hybridized carbons (Fsp3) is 0.469. The molecular weight excluding hydrogens is 518 g/mol. The smallest absolute Gasteiger partial charge is 0.245 e. The molecule has 9 nitrogen and oxygen atoms in total. The minimum atomic E-state index is -1.16. The summed E-state index contributed by atoms with van der Waals surface area (Å²) in [6, 6.07) is 18.0. The van der Waals surface area contributed by atoms with Gasteiger partial charge in [-0.15, -0.1) is 0 Å². The van der Waals surface area contributed by atoms with Crippen LogP contribution in [0.5, 0.6) is 11.5 Å². The van der Waals surface area contributed by atoms with Crippen LogP contribution in [0.4, 0.5) is 0 Å². The lowest BCUT2D eigenvalue weighted by molar-refractivity contribution is -0.128. The number of rotatable bonds is 5. The molecule has 1 amide bonds. The maximum Gasteiger partial charge on any atom is 0.245 e. The predicted octanol–water partition coefficient (Wildman–Crippen LogP) is 1.96. The molecule has 4 saturated heterocycles. The number of nitrogens with two attached hydrogens (primary N) is 1. The molecule has 4 heterocycles. The van der Waals surface area contributed by atoms with Gasteiger partial charge in [0.05, 0.1) is 25.0 Å². The van der Waals surface area contributed by atoms with Gasteiger partial charge in [0.15, 0.2) is 0 Å². The average Bonchev–Trinajstić information content (AvgIpc) is 3.64. The van der Waals surface area contributed by atoms with Crippen LogP contribution in [-0.2, 0) is 9.53 Å². The Morgan fingerprint density at radius 1 is 1.12 bits per heavy atom. The molecule has 9 heteroatoms. The van der Waals surface area contributed by atoms with Crippen molar-refractivity contribution in [2.45, 2.75) is 55.2 Å². The second-order valence-corrected chi connectivity index (χ2v) is 11.4. The summed E-state index contributed by atoms with van der Waals surface area (Å²) in [5.41, 5.74) is 6.72. The predicted molar refractivity (Wildman–Crippen MR) is 156 cm³/mol. The van der Waals surface area contributed by atoms with Gasteiger partial charge in [-0.2, -0.15) is 0 Å². The van der Waals surface area contributed by atoms with Crippen LogP contribution in [0.25, 0.3) is 0 Å². The highest BCUT2D eigenvalue weighted by atomic mass is 16.5. The summed E-state index contributed by atoms with van der Waals surface area (Å²) in [5, 5.41) is 18.5. The van der Waals surface area contributed by atoms with Crippen molar-refractivity contribution >= 4 is 5.91 Å². The van der Waals surface area contributed by atoms with Gasteiger partial charge in [-0.1, -0.05) is 48.8 Å². The lowest BCUT2D eigenvalue weighted by Crippen LogP contribution is -2.64. The maximum absolute atomic E-state index is 12.1. The molecule has 6 atom stereocenters. The number of nitrogens with one attached hydrogen (secondary N) is 2. The largest absolute Gasteiger partial charge is 0.457 e. The molecule has 6 rings (SSSR count). The number of carbonyl (C=O) groups is 1. The fourth-order valence-electron chi connectivity index (χ4n) is 6.77. The summed E-state index contributed by atoms with van der Waals surface area (Å²) < 4.78 is 11.9. The summed E-state index contributed by atoms with van der Waals surface area (Å²) >= 11 is 0. The van der Waals surface area contributed by atoms with Crippen LogP contribution in [0, 0.1) is 17.8 Å². The van der Waals surface area contributed by atoms with E-state index in [-0.39, 0.29) is 42.2 Å². The summed E-state index contributed by atoms with van der Waals surface area (Å²) in [6.07, 6.45) is 2.85. The first-order chi connectivity index (χ1) is 20.0. The molecule has 2 aromatic rings. The highest BCUT2D eigenvalue weighted by Crippen LogP contribution is 2.45. The van der Waals surface area contributed by atoms with E-state index in [0.717, 1.165) is 30.1 Å². The molecule has 4 fully saturated rings. The molecule has 0 aromatic heterocycles. The van der Waals surface area contributed by atoms with Gasteiger partial charge in [0.25, 0.3) is 0 Å². The van der Waals surface area contributed by atoms with E-state index in [0.29, 0.717) is 39.2 Å². The summed E-state index contributed by atoms with van der Waals surface area (Å²) in [5.74, 6) is 8.30. The monoisotopic (exact) mass is 557 g/mol. The first kappa shape index (κ1) is 27.9. The molecule has 0 aliphatic carbocycles. The van der Waals surface area contributed by atoms with Crippen LogP contribution in [-0.4, -0.2) is 83.8 Å². The summed E-state index contributed by atoms with van der Waals surface area (Å²) in [6.45, 7) is 6.47. The van der Waals surface area contributed by atoms with Crippen LogP contribution in [0.3, 0.4) is 0 Å². The number of nitrogens with zero attached hydrogens (tertiary/aromatic N) is 2.